The van der Waals surface area contributed by atoms with Crippen LogP contribution in [0.3, 0.4) is 0 Å². The van der Waals surface area contributed by atoms with Gasteiger partial charge in [0.1, 0.15) is 23.1 Å². The van der Waals surface area contributed by atoms with Gasteiger partial charge < -0.3 is 34.3 Å². The zero-order chi connectivity index (χ0) is 47.0. The summed E-state index contributed by atoms with van der Waals surface area (Å²) >= 11 is 0. The van der Waals surface area contributed by atoms with E-state index in [-0.39, 0.29) is 34.0 Å². The Morgan fingerprint density at radius 1 is 0.941 bits per heavy atom. The Morgan fingerprint density at radius 2 is 1.74 bits per heavy atom. The van der Waals surface area contributed by atoms with Gasteiger partial charge in [0, 0.05) is 68.3 Å². The minimum absolute atomic E-state index is 0.112. The van der Waals surface area contributed by atoms with Crippen molar-refractivity contribution in [1.82, 2.24) is 19.6 Å². The van der Waals surface area contributed by atoms with Gasteiger partial charge in [-0.2, -0.15) is 4.98 Å². The zero-order valence-electron chi connectivity index (χ0n) is 38.9. The van der Waals surface area contributed by atoms with E-state index >= 15 is 0 Å². The molecule has 3 aromatic carbocycles. The van der Waals surface area contributed by atoms with Crippen LogP contribution in [0.2, 0.25) is 0 Å². The second-order valence-corrected chi connectivity index (χ2v) is 22.3. The molecular formula is C51H60N8O8S. The number of nitro benzene ring substituents is 1. The van der Waals surface area contributed by atoms with Gasteiger partial charge in [0.05, 0.1) is 40.3 Å². The third-order valence-corrected chi connectivity index (χ3v) is 17.3. The van der Waals surface area contributed by atoms with Crippen molar-refractivity contribution in [3.8, 4) is 5.88 Å². The summed E-state index contributed by atoms with van der Waals surface area (Å²) in [5, 5.41) is 16.3. The number of hydrogen-bond donors (Lipinski definition) is 3. The Labute approximate surface area is 396 Å². The number of carbonyl (C=O) groups is 1. The van der Waals surface area contributed by atoms with E-state index in [0.29, 0.717) is 68.0 Å². The second kappa shape index (κ2) is 17.3. The Hall–Kier alpha value is -5.75. The zero-order valence-corrected chi connectivity index (χ0v) is 39.7. The average Bonchev–Trinajstić information content (AvgIpc) is 4.07. The highest BCUT2D eigenvalue weighted by molar-refractivity contribution is 7.90. The number of benzene rings is 3. The Kier molecular flexibility index (Phi) is 11.4. The number of nitrogens with one attached hydrogen (secondary N) is 3. The summed E-state index contributed by atoms with van der Waals surface area (Å²) in [4.78, 5) is 41.0. The lowest BCUT2D eigenvalue weighted by atomic mass is 9.59. The molecule has 1 aliphatic carbocycles. The van der Waals surface area contributed by atoms with Crippen LogP contribution >= 0.6 is 0 Å². The molecular weight excluding hydrogens is 885 g/mol. The monoisotopic (exact) mass is 944 g/mol. The molecule has 16 nitrogen and oxygen atoms in total. The molecule has 0 bridgehead atoms. The van der Waals surface area contributed by atoms with E-state index in [1.165, 1.54) is 42.5 Å². The highest BCUT2D eigenvalue weighted by Crippen LogP contribution is 2.57. The van der Waals surface area contributed by atoms with Crippen LogP contribution in [0, 0.1) is 33.8 Å². The molecule has 5 fully saturated rings. The molecule has 2 aromatic heterocycles. The SMILES string of the molecule is Cc1ccccc1[C@@H]1N(C2CC3(CCN(c4ccc(C(=O)NS(=O)(=O)c5ccc(NCC6CCOCC6)c([N+](=O)[O-])c5)c(N5c6cc7cc[nH]c7nc6O[C@@H]6COC[C@H]65)c4)CC3)C2)CCC1(C)C. The van der Waals surface area contributed by atoms with E-state index in [1.807, 2.05) is 35.4 Å². The third-order valence-electron chi connectivity index (χ3n) is 16.0. The fraction of sp³-hybridized carbons (Fsp3) is 0.490. The smallest absolute Gasteiger partial charge is 0.293 e. The molecule has 0 unspecified atom stereocenters. The average molecular weight is 945 g/mol. The number of carbonyl (C=O) groups excluding carboxylic acids is 1. The van der Waals surface area contributed by atoms with Crippen molar-refractivity contribution in [1.29, 1.82) is 0 Å². The summed E-state index contributed by atoms with van der Waals surface area (Å²) in [5.74, 6) is -0.226. The van der Waals surface area contributed by atoms with Crippen molar-refractivity contribution in [2.24, 2.45) is 16.7 Å². The van der Waals surface area contributed by atoms with Gasteiger partial charge in [-0.15, -0.1) is 0 Å². The van der Waals surface area contributed by atoms with Crippen LogP contribution in [0.5, 0.6) is 5.88 Å². The summed E-state index contributed by atoms with van der Waals surface area (Å²) in [5.41, 5.74) is 5.90. The summed E-state index contributed by atoms with van der Waals surface area (Å²) in [6, 6.07) is 22.6. The number of aromatic nitrogens is 2. The summed E-state index contributed by atoms with van der Waals surface area (Å²) < 4.78 is 48.3. The van der Waals surface area contributed by atoms with Crippen LogP contribution in [0.15, 0.2) is 83.9 Å². The molecule has 68 heavy (non-hydrogen) atoms. The first-order chi connectivity index (χ1) is 32.8. The number of rotatable bonds is 11. The molecule has 17 heteroatoms. The minimum atomic E-state index is -4.59. The number of likely N-dealkylation sites (tertiary alicyclic amines) is 1. The van der Waals surface area contributed by atoms with Gasteiger partial charge in [0.2, 0.25) is 5.88 Å². The van der Waals surface area contributed by atoms with Gasteiger partial charge in [-0.25, -0.2) is 13.1 Å². The number of fused-ring (bicyclic) bond motifs is 3. The molecule has 3 atom stereocenters. The third kappa shape index (κ3) is 8.13. The molecule has 0 radical (unpaired) electrons. The predicted octanol–water partition coefficient (Wildman–Crippen LogP) is 8.26. The first-order valence-electron chi connectivity index (χ1n) is 24.2. The fourth-order valence-corrected chi connectivity index (χ4v) is 13.1. The van der Waals surface area contributed by atoms with Crippen molar-refractivity contribution in [2.45, 2.75) is 94.8 Å². The minimum Gasteiger partial charge on any atom is -0.468 e. The standard InChI is InChI=1S/C51H60N8O8S/c1-32-6-4-5-7-38(32)46-50(2,3)15-21-57(46)36-27-51(28-36)16-19-56(20-17-51)35-8-10-39(41(25-35)58-43-24-34-12-18-52-47(34)54-49(43)67-45-31-66-30-44(45)58)48(60)55-68(63,64)37-9-11-40(42(26-37)59(61)62)53-29-33-13-22-65-23-14-33/h4-12,18,24-26,33,36,44-46,53H,13-17,19-23,27-31H2,1-3H3,(H,52,54)(H,55,60)/t44-,45-,46+/m1/s1. The van der Waals surface area contributed by atoms with E-state index in [4.69, 9.17) is 19.2 Å². The van der Waals surface area contributed by atoms with Gasteiger partial charge >= 0.3 is 0 Å². The van der Waals surface area contributed by atoms with Crippen LogP contribution in [0.1, 0.15) is 86.3 Å². The number of aryl methyl sites for hydroxylation is 1. The maximum absolute atomic E-state index is 14.6. The van der Waals surface area contributed by atoms with E-state index < -0.39 is 37.5 Å². The number of anilines is 4. The first kappa shape index (κ1) is 44.7. The molecule has 1 saturated carbocycles. The first-order valence-corrected chi connectivity index (χ1v) is 25.6. The number of nitrogens with zero attached hydrogens (tertiary/aromatic N) is 5. The highest BCUT2D eigenvalue weighted by atomic mass is 32.2. The Morgan fingerprint density at radius 3 is 2.51 bits per heavy atom. The van der Waals surface area contributed by atoms with Crippen LogP contribution in [0.25, 0.3) is 11.0 Å². The lowest BCUT2D eigenvalue weighted by molar-refractivity contribution is -0.384. The summed E-state index contributed by atoms with van der Waals surface area (Å²) in [6.45, 7) is 12.3. The van der Waals surface area contributed by atoms with E-state index in [2.05, 4.69) is 69.9 Å². The highest BCUT2D eigenvalue weighted by Gasteiger charge is 2.53. The molecule has 7 heterocycles. The molecule has 11 rings (SSSR count). The molecule has 4 saturated heterocycles. The van der Waals surface area contributed by atoms with Crippen LogP contribution in [-0.2, 0) is 19.5 Å². The number of aromatic amines is 1. The number of ether oxygens (including phenoxy) is 3. The Balaban J connectivity index is 0.872. The molecule has 1 spiro atoms. The molecule has 6 aliphatic rings. The molecule has 5 aliphatic heterocycles. The summed E-state index contributed by atoms with van der Waals surface area (Å²) in [7, 11) is -4.59. The van der Waals surface area contributed by atoms with E-state index in [9.17, 15) is 23.3 Å². The van der Waals surface area contributed by atoms with Gasteiger partial charge in [0.25, 0.3) is 21.6 Å². The maximum Gasteiger partial charge on any atom is 0.293 e. The van der Waals surface area contributed by atoms with Crippen LogP contribution < -0.4 is 24.6 Å². The Bertz CT molecular complexity index is 2870. The normalized spacial score (nSPS) is 23.8. The van der Waals surface area contributed by atoms with Crippen molar-refractivity contribution in [3.63, 3.8) is 0 Å². The number of hydrogen-bond acceptors (Lipinski definition) is 13. The van der Waals surface area contributed by atoms with Crippen LogP contribution in [0.4, 0.5) is 28.4 Å². The molecule has 358 valence electrons. The van der Waals surface area contributed by atoms with E-state index in [0.717, 1.165) is 62.5 Å². The van der Waals surface area contributed by atoms with Crippen molar-refractivity contribution < 1.29 is 32.3 Å². The number of sulfonamides is 1. The summed E-state index contributed by atoms with van der Waals surface area (Å²) in [6.07, 6.45) is 8.71. The van der Waals surface area contributed by atoms with Crippen molar-refractivity contribution in [3.05, 3.63) is 106 Å². The fourth-order valence-electron chi connectivity index (χ4n) is 12.1. The molecule has 5 aromatic rings. The number of H-pyrrole nitrogens is 1. The number of nitro groups is 1. The largest absolute Gasteiger partial charge is 0.468 e. The van der Waals surface area contributed by atoms with Gasteiger partial charge in [-0.3, -0.25) is 19.8 Å². The number of amides is 1. The van der Waals surface area contributed by atoms with E-state index in [1.54, 1.807) is 6.07 Å². The maximum atomic E-state index is 14.6. The topological polar surface area (TPSA) is 184 Å². The number of piperidine rings is 1. The number of pyridine rings is 1. The lowest BCUT2D eigenvalue weighted by Crippen LogP contribution is -2.55. The lowest BCUT2D eigenvalue weighted by Gasteiger charge is -2.56. The van der Waals surface area contributed by atoms with Crippen LogP contribution in [-0.4, -0.2) is 105 Å². The van der Waals surface area contributed by atoms with Crippen molar-refractivity contribution >= 4 is 55.4 Å². The van der Waals surface area contributed by atoms with Gasteiger partial charge in [-0.1, -0.05) is 38.1 Å². The van der Waals surface area contributed by atoms with Gasteiger partial charge in [-0.05, 0) is 129 Å². The quantitative estimate of drug-likeness (QED) is 0.0851. The van der Waals surface area contributed by atoms with Crippen molar-refractivity contribution in [2.75, 3.05) is 67.7 Å². The molecule has 1 amide bonds. The second-order valence-electron chi connectivity index (χ2n) is 20.7. The van der Waals surface area contributed by atoms with Gasteiger partial charge in [0.15, 0.2) is 0 Å². The predicted molar refractivity (Wildman–Crippen MR) is 259 cm³/mol. The molecule has 3 N–H and O–H groups in total.